The van der Waals surface area contributed by atoms with Gasteiger partial charge in [0.25, 0.3) is 0 Å². The molecule has 0 fully saturated rings. The van der Waals surface area contributed by atoms with E-state index >= 15 is 0 Å². The van der Waals surface area contributed by atoms with Crippen LogP contribution in [-0.2, 0) is 29.6 Å². The Balaban J connectivity index is -0.0000000748. The summed E-state index contributed by atoms with van der Waals surface area (Å²) in [5, 5.41) is 0. The van der Waals surface area contributed by atoms with E-state index in [1.54, 1.807) is 0 Å². The Hall–Kier alpha value is 0.828. The van der Waals surface area contributed by atoms with Gasteiger partial charge in [-0.15, -0.1) is 0 Å². The van der Waals surface area contributed by atoms with Crippen LogP contribution in [0.5, 0.6) is 0 Å². The molecule has 0 atom stereocenters. The molecule has 0 aliphatic rings. The van der Waals surface area contributed by atoms with Crippen molar-refractivity contribution in [1.82, 2.24) is 4.90 Å². The molecule has 0 rings (SSSR count). The van der Waals surface area contributed by atoms with E-state index in [1.807, 2.05) is 0 Å². The SMILES string of the molecule is CCBCC.CCN(C(C)C)C(C)C.O=S(=O)([O-])C(F)(F)F.[Br-].[Zn+2]. The van der Waals surface area contributed by atoms with Crippen molar-refractivity contribution in [2.45, 2.75) is 78.7 Å². The molecule has 0 spiro atoms. The van der Waals surface area contributed by atoms with Crippen LogP contribution in [0.15, 0.2) is 0 Å². The molecule has 0 aromatic carbocycles. The van der Waals surface area contributed by atoms with E-state index in [-0.39, 0.29) is 36.5 Å². The van der Waals surface area contributed by atoms with Gasteiger partial charge in [0.2, 0.25) is 0 Å². The van der Waals surface area contributed by atoms with E-state index in [2.05, 4.69) is 53.4 Å². The van der Waals surface area contributed by atoms with Gasteiger partial charge in [-0.1, -0.05) is 33.4 Å². The Morgan fingerprint density at radius 2 is 1.25 bits per heavy atom. The molecule has 0 aromatic rings. The molecule has 4 nitrogen and oxygen atoms in total. The number of alkyl halides is 3. The standard InChI is InChI=1S/C8H19N.C4H11B.CHF3O3S.BrH.Zn/c1-6-9(7(2)3)8(4)5;1-3-5-4-2;2-1(3,4)8(5,6)7;;/h7-8H,6H2,1-5H3;5H,3-4H2,1-2H3;(H,5,6,7);1H;/q;;;;+2/p-2. The fraction of sp³-hybridized carbons (Fsp3) is 1.00. The van der Waals surface area contributed by atoms with Gasteiger partial charge in [0, 0.05) is 12.1 Å². The van der Waals surface area contributed by atoms with E-state index in [0.717, 1.165) is 6.54 Å². The van der Waals surface area contributed by atoms with Crippen LogP contribution < -0.4 is 17.0 Å². The van der Waals surface area contributed by atoms with Gasteiger partial charge in [0.05, 0.1) is 0 Å². The number of halogens is 4. The van der Waals surface area contributed by atoms with Crippen molar-refractivity contribution in [3.05, 3.63) is 0 Å². The monoisotopic (exact) mass is 491 g/mol. The molecule has 0 aromatic heterocycles. The van der Waals surface area contributed by atoms with Crippen LogP contribution in [0.4, 0.5) is 13.2 Å². The second-order valence-corrected chi connectivity index (χ2v) is 6.64. The van der Waals surface area contributed by atoms with Gasteiger partial charge >= 0.3 is 25.0 Å². The maximum Gasteiger partial charge on any atom is 2.00 e. The normalized spacial score (nSPS) is 10.8. The van der Waals surface area contributed by atoms with Crippen molar-refractivity contribution < 1.29 is 62.6 Å². The largest absolute Gasteiger partial charge is 2.00 e. The van der Waals surface area contributed by atoms with Crippen LogP contribution in [0, 0.1) is 0 Å². The van der Waals surface area contributed by atoms with Crippen LogP contribution in [0.2, 0.25) is 12.6 Å². The molecule has 0 radical (unpaired) electrons. The fourth-order valence-electron chi connectivity index (χ4n) is 1.68. The van der Waals surface area contributed by atoms with Crippen molar-refractivity contribution >= 4 is 17.4 Å². The Kier molecular flexibility index (Phi) is 27.8. The molecule has 0 N–H and O–H groups in total. The first-order valence-corrected chi connectivity index (χ1v) is 8.94. The van der Waals surface area contributed by atoms with Gasteiger partial charge < -0.3 is 21.5 Å². The minimum atomic E-state index is -6.09. The minimum Gasteiger partial charge on any atom is -1.00 e. The van der Waals surface area contributed by atoms with Gasteiger partial charge in [-0.25, -0.2) is 8.42 Å². The summed E-state index contributed by atoms with van der Waals surface area (Å²) >= 11 is 0. The Morgan fingerprint density at radius 1 is 1.00 bits per heavy atom. The zero-order chi connectivity index (χ0) is 18.6. The number of nitrogens with zero attached hydrogens (tertiary/aromatic N) is 1. The Morgan fingerprint density at radius 3 is 1.25 bits per heavy atom. The quantitative estimate of drug-likeness (QED) is 0.318. The molecule has 11 heteroatoms. The van der Waals surface area contributed by atoms with Crippen LogP contribution >= 0.6 is 0 Å². The van der Waals surface area contributed by atoms with Gasteiger partial charge in [-0.3, -0.25) is 4.90 Å². The number of hydrogen-bond acceptors (Lipinski definition) is 4. The summed E-state index contributed by atoms with van der Waals surface area (Å²) in [4.78, 5) is 2.46. The zero-order valence-corrected chi connectivity index (χ0v) is 21.2. The van der Waals surface area contributed by atoms with Crippen molar-refractivity contribution in [3.8, 4) is 0 Å². The molecule has 0 heterocycles. The summed E-state index contributed by atoms with van der Waals surface area (Å²) in [5.74, 6) is 0. The summed E-state index contributed by atoms with van der Waals surface area (Å²) < 4.78 is 58.9. The third-order valence-electron chi connectivity index (χ3n) is 2.68. The van der Waals surface area contributed by atoms with Gasteiger partial charge in [0.1, 0.15) is 7.28 Å². The maximum atomic E-state index is 10.7. The molecule has 144 valence electrons. The summed E-state index contributed by atoms with van der Waals surface area (Å²) in [7, 11) is -4.70. The predicted molar refractivity (Wildman–Crippen MR) is 86.5 cm³/mol. The van der Waals surface area contributed by atoms with Crippen molar-refractivity contribution in [2.75, 3.05) is 6.54 Å². The third-order valence-corrected chi connectivity index (χ3v) is 3.25. The third kappa shape index (κ3) is 22.8. The molecule has 0 unspecified atom stereocenters. The van der Waals surface area contributed by atoms with E-state index in [1.165, 1.54) is 19.9 Å². The minimum absolute atomic E-state index is 0. The van der Waals surface area contributed by atoms with Gasteiger partial charge in [-0.05, 0) is 34.2 Å². The first-order chi connectivity index (χ1) is 9.76. The molecule has 0 aliphatic carbocycles. The van der Waals surface area contributed by atoms with E-state index in [4.69, 9.17) is 13.0 Å². The molecule has 0 aliphatic heterocycles. The van der Waals surface area contributed by atoms with Gasteiger partial charge in [-0.2, -0.15) is 13.2 Å². The summed E-state index contributed by atoms with van der Waals surface area (Å²) in [6.07, 6.45) is 2.69. The molecule has 24 heavy (non-hydrogen) atoms. The molecule has 0 bridgehead atoms. The van der Waals surface area contributed by atoms with E-state index in [0.29, 0.717) is 12.1 Å². The van der Waals surface area contributed by atoms with Crippen LogP contribution in [-0.4, -0.2) is 49.3 Å². The first-order valence-electron chi connectivity index (χ1n) is 7.53. The first kappa shape index (κ1) is 35.9. The average Bonchev–Trinajstić information content (AvgIpc) is 2.28. The summed E-state index contributed by atoms with van der Waals surface area (Å²) in [6, 6.07) is 1.38. The number of hydrogen-bond donors (Lipinski definition) is 0. The average molecular weight is 494 g/mol. The fourth-order valence-corrected chi connectivity index (χ4v) is 1.68. The summed E-state index contributed by atoms with van der Waals surface area (Å²) in [6.45, 7) is 16.8. The maximum absolute atomic E-state index is 10.7. The predicted octanol–water partition coefficient (Wildman–Crippen LogP) is 0.477. The molecule has 0 amide bonds. The van der Waals surface area contributed by atoms with Gasteiger partial charge in [0.15, 0.2) is 10.1 Å². The Labute approximate surface area is 169 Å². The van der Waals surface area contributed by atoms with Crippen LogP contribution in [0.1, 0.15) is 48.5 Å². The van der Waals surface area contributed by atoms with Crippen LogP contribution in [0.3, 0.4) is 0 Å². The van der Waals surface area contributed by atoms with Crippen molar-refractivity contribution in [2.24, 2.45) is 0 Å². The van der Waals surface area contributed by atoms with Crippen molar-refractivity contribution in [1.29, 1.82) is 0 Å². The molecule has 0 saturated carbocycles. The number of rotatable bonds is 5. The second kappa shape index (κ2) is 18.6. The molecule has 0 saturated heterocycles. The topological polar surface area (TPSA) is 60.4 Å². The smallest absolute Gasteiger partial charge is 1.00 e. The van der Waals surface area contributed by atoms with E-state index < -0.39 is 15.6 Å². The second-order valence-electron chi connectivity index (χ2n) is 5.27. The Bertz CT molecular complexity index is 349. The van der Waals surface area contributed by atoms with E-state index in [9.17, 15) is 13.2 Å². The van der Waals surface area contributed by atoms with Crippen LogP contribution in [0.25, 0.3) is 0 Å². The molecular weight excluding hydrogens is 463 g/mol. The summed E-state index contributed by atoms with van der Waals surface area (Å²) in [5.41, 5.74) is -5.65. The van der Waals surface area contributed by atoms with Crippen molar-refractivity contribution in [3.63, 3.8) is 0 Å². The molecular formula is C13H30BBrF3NO3SZn. The zero-order valence-electron chi connectivity index (χ0n) is 15.8.